The van der Waals surface area contributed by atoms with Gasteiger partial charge in [0.25, 0.3) is 0 Å². The monoisotopic (exact) mass is 233 g/mol. The van der Waals surface area contributed by atoms with Gasteiger partial charge in [-0.1, -0.05) is 51.1 Å². The van der Waals surface area contributed by atoms with Gasteiger partial charge in [0.1, 0.15) is 5.78 Å². The molecule has 0 aliphatic carbocycles. The fraction of sp³-hybridized carbons (Fsp3) is 0.533. The van der Waals surface area contributed by atoms with Crippen molar-refractivity contribution in [3.05, 3.63) is 35.9 Å². The number of ketones is 1. The summed E-state index contributed by atoms with van der Waals surface area (Å²) in [5, 5.41) is 0. The van der Waals surface area contributed by atoms with Crippen LogP contribution in [-0.4, -0.2) is 11.8 Å². The van der Waals surface area contributed by atoms with Crippen LogP contribution in [0.2, 0.25) is 0 Å². The Morgan fingerprint density at radius 3 is 2.35 bits per heavy atom. The van der Waals surface area contributed by atoms with Gasteiger partial charge < -0.3 is 5.73 Å². The van der Waals surface area contributed by atoms with Crippen molar-refractivity contribution in [1.29, 1.82) is 0 Å². The lowest BCUT2D eigenvalue weighted by atomic mass is 9.84. The zero-order valence-electron chi connectivity index (χ0n) is 11.1. The molecule has 2 nitrogen and oxygen atoms in total. The number of nitrogens with two attached hydrogens (primary N) is 1. The quantitative estimate of drug-likeness (QED) is 0.849. The van der Waals surface area contributed by atoms with E-state index >= 15 is 0 Å². The van der Waals surface area contributed by atoms with Gasteiger partial charge in [-0.05, 0) is 17.4 Å². The first-order valence-electron chi connectivity index (χ1n) is 6.21. The number of rotatable bonds is 5. The van der Waals surface area contributed by atoms with Gasteiger partial charge in [0.15, 0.2) is 0 Å². The van der Waals surface area contributed by atoms with Gasteiger partial charge in [0.2, 0.25) is 0 Å². The maximum atomic E-state index is 11.8. The summed E-state index contributed by atoms with van der Waals surface area (Å²) < 4.78 is 0. The number of Topliss-reactive ketones (excluding diaryl/α,β-unsaturated/α-hetero) is 1. The Hall–Kier alpha value is -1.15. The van der Waals surface area contributed by atoms with Gasteiger partial charge in [-0.15, -0.1) is 0 Å². The number of carbonyl (C=O) groups excluding carboxylic acids is 1. The van der Waals surface area contributed by atoms with Crippen LogP contribution in [0.15, 0.2) is 30.3 Å². The van der Waals surface area contributed by atoms with E-state index in [9.17, 15) is 4.79 Å². The first-order valence-corrected chi connectivity index (χ1v) is 6.21. The molecule has 1 rings (SSSR count). The predicted molar refractivity (Wildman–Crippen MR) is 71.8 cm³/mol. The molecule has 0 aliphatic rings. The first kappa shape index (κ1) is 13.9. The van der Waals surface area contributed by atoms with E-state index in [2.05, 4.69) is 32.9 Å². The number of carbonyl (C=O) groups is 1. The molecule has 1 unspecified atom stereocenters. The number of hydrogen-bond donors (Lipinski definition) is 1. The molecule has 1 atom stereocenters. The average molecular weight is 233 g/mol. The summed E-state index contributed by atoms with van der Waals surface area (Å²) in [6.07, 6.45) is 1.89. The molecule has 0 bridgehead atoms. The SMILES string of the molecule is CC(C)(C)C(N)CC(=O)CCc1ccccc1. The summed E-state index contributed by atoms with van der Waals surface area (Å²) in [6, 6.07) is 10.0. The topological polar surface area (TPSA) is 43.1 Å². The van der Waals surface area contributed by atoms with Gasteiger partial charge in [-0.25, -0.2) is 0 Å². The largest absolute Gasteiger partial charge is 0.327 e. The third-order valence-electron chi connectivity index (χ3n) is 3.10. The van der Waals surface area contributed by atoms with Gasteiger partial charge >= 0.3 is 0 Å². The minimum absolute atomic E-state index is 0.00239. The molecule has 0 radical (unpaired) electrons. The van der Waals surface area contributed by atoms with Gasteiger partial charge in [0.05, 0.1) is 0 Å². The smallest absolute Gasteiger partial charge is 0.134 e. The molecule has 0 spiro atoms. The minimum Gasteiger partial charge on any atom is -0.327 e. The molecule has 94 valence electrons. The van der Waals surface area contributed by atoms with E-state index in [1.165, 1.54) is 5.56 Å². The van der Waals surface area contributed by atoms with E-state index in [0.717, 1.165) is 6.42 Å². The summed E-state index contributed by atoms with van der Waals surface area (Å²) >= 11 is 0. The average Bonchev–Trinajstić information content (AvgIpc) is 2.26. The second kappa shape index (κ2) is 5.97. The van der Waals surface area contributed by atoms with E-state index in [1.807, 2.05) is 18.2 Å². The summed E-state index contributed by atoms with van der Waals surface area (Å²) in [7, 11) is 0. The molecular formula is C15H23NO. The van der Waals surface area contributed by atoms with E-state index in [0.29, 0.717) is 12.8 Å². The Morgan fingerprint density at radius 2 is 1.82 bits per heavy atom. The van der Waals surface area contributed by atoms with Crippen molar-refractivity contribution in [3.63, 3.8) is 0 Å². The second-order valence-electron chi connectivity index (χ2n) is 5.70. The Bertz CT molecular complexity index is 351. The fourth-order valence-electron chi connectivity index (χ4n) is 1.58. The van der Waals surface area contributed by atoms with E-state index in [4.69, 9.17) is 5.73 Å². The van der Waals surface area contributed by atoms with Crippen molar-refractivity contribution in [1.82, 2.24) is 0 Å². The van der Waals surface area contributed by atoms with Crippen LogP contribution in [0.3, 0.4) is 0 Å². The summed E-state index contributed by atoms with van der Waals surface area (Å²) in [5.74, 6) is 0.260. The number of aryl methyl sites for hydroxylation is 1. The zero-order chi connectivity index (χ0) is 12.9. The third-order valence-corrected chi connectivity index (χ3v) is 3.10. The molecule has 0 heterocycles. The zero-order valence-corrected chi connectivity index (χ0v) is 11.1. The molecule has 0 saturated carbocycles. The molecule has 0 aromatic heterocycles. The highest BCUT2D eigenvalue weighted by Gasteiger charge is 2.22. The second-order valence-corrected chi connectivity index (χ2v) is 5.70. The van der Waals surface area contributed by atoms with Crippen molar-refractivity contribution < 1.29 is 4.79 Å². The van der Waals surface area contributed by atoms with Crippen LogP contribution in [0.25, 0.3) is 0 Å². The maximum absolute atomic E-state index is 11.8. The van der Waals surface area contributed by atoms with E-state index in [-0.39, 0.29) is 17.2 Å². The lowest BCUT2D eigenvalue weighted by Crippen LogP contribution is -2.37. The molecule has 0 fully saturated rings. The van der Waals surface area contributed by atoms with Gasteiger partial charge in [-0.2, -0.15) is 0 Å². The molecule has 2 N–H and O–H groups in total. The summed E-state index contributed by atoms with van der Waals surface area (Å²) in [4.78, 5) is 11.8. The standard InChI is InChI=1S/C15H23NO/c1-15(2,3)14(16)11-13(17)10-9-12-7-5-4-6-8-12/h4-8,14H,9-11,16H2,1-3H3. The molecular weight excluding hydrogens is 210 g/mol. The van der Waals surface area contributed by atoms with Gasteiger partial charge in [-0.3, -0.25) is 4.79 Å². The van der Waals surface area contributed by atoms with Gasteiger partial charge in [0, 0.05) is 18.9 Å². The number of hydrogen-bond acceptors (Lipinski definition) is 2. The van der Waals surface area contributed by atoms with E-state index < -0.39 is 0 Å². The van der Waals surface area contributed by atoms with Crippen LogP contribution in [0.1, 0.15) is 39.2 Å². The van der Waals surface area contributed by atoms with Crippen LogP contribution in [0.5, 0.6) is 0 Å². The van der Waals surface area contributed by atoms with Crippen molar-refractivity contribution >= 4 is 5.78 Å². The molecule has 0 saturated heterocycles. The predicted octanol–water partition coefficient (Wildman–Crippen LogP) is 2.95. The maximum Gasteiger partial charge on any atom is 0.134 e. The lowest BCUT2D eigenvalue weighted by molar-refractivity contribution is -0.119. The fourth-order valence-corrected chi connectivity index (χ4v) is 1.58. The van der Waals surface area contributed by atoms with Crippen molar-refractivity contribution in [2.24, 2.45) is 11.1 Å². The third kappa shape index (κ3) is 5.14. The highest BCUT2D eigenvalue weighted by Crippen LogP contribution is 2.20. The lowest BCUT2D eigenvalue weighted by Gasteiger charge is -2.26. The van der Waals surface area contributed by atoms with Crippen LogP contribution in [-0.2, 0) is 11.2 Å². The van der Waals surface area contributed by atoms with Crippen LogP contribution < -0.4 is 5.73 Å². The van der Waals surface area contributed by atoms with Crippen LogP contribution in [0, 0.1) is 5.41 Å². The normalized spacial score (nSPS) is 13.4. The minimum atomic E-state index is -0.0502. The summed E-state index contributed by atoms with van der Waals surface area (Å²) in [6.45, 7) is 6.21. The highest BCUT2D eigenvalue weighted by atomic mass is 16.1. The van der Waals surface area contributed by atoms with E-state index in [1.54, 1.807) is 0 Å². The van der Waals surface area contributed by atoms with Crippen LogP contribution >= 0.6 is 0 Å². The van der Waals surface area contributed by atoms with Crippen molar-refractivity contribution in [3.8, 4) is 0 Å². The Kier molecular flexibility index (Phi) is 4.88. The summed E-state index contributed by atoms with van der Waals surface area (Å²) in [5.41, 5.74) is 7.22. The molecule has 1 aromatic rings. The van der Waals surface area contributed by atoms with Crippen LogP contribution in [0.4, 0.5) is 0 Å². The molecule has 17 heavy (non-hydrogen) atoms. The van der Waals surface area contributed by atoms with Crippen molar-refractivity contribution in [2.75, 3.05) is 0 Å². The first-order chi connectivity index (χ1) is 7.89. The molecule has 2 heteroatoms. The molecule has 1 aromatic carbocycles. The molecule has 0 aliphatic heterocycles. The highest BCUT2D eigenvalue weighted by molar-refractivity contribution is 5.79. The number of benzene rings is 1. The Morgan fingerprint density at radius 1 is 1.24 bits per heavy atom. The van der Waals surface area contributed by atoms with Crippen molar-refractivity contribution in [2.45, 2.75) is 46.1 Å². The Labute approximate surface area is 104 Å². The Balaban J connectivity index is 2.36. The molecule has 0 amide bonds.